The van der Waals surface area contributed by atoms with E-state index in [2.05, 4.69) is 56.2 Å². The molecule has 1 atom stereocenters. The highest BCUT2D eigenvalue weighted by Crippen LogP contribution is 2.16. The fourth-order valence-corrected chi connectivity index (χ4v) is 2.66. The van der Waals surface area contributed by atoms with Crippen molar-refractivity contribution in [3.63, 3.8) is 0 Å². The highest BCUT2D eigenvalue weighted by Gasteiger charge is 2.15. The maximum Gasteiger partial charge on any atom is 0.128 e. The van der Waals surface area contributed by atoms with Gasteiger partial charge in [0.05, 0.1) is 12.0 Å². The molecule has 1 unspecified atom stereocenters. The number of piperazine rings is 1. The summed E-state index contributed by atoms with van der Waals surface area (Å²) in [6, 6.07) is 4.52. The predicted octanol–water partition coefficient (Wildman–Crippen LogP) is 1.41. The lowest BCUT2D eigenvalue weighted by atomic mass is 10.2. The van der Waals surface area contributed by atoms with Crippen molar-refractivity contribution in [3.05, 3.63) is 42.1 Å². The average Bonchev–Trinajstić information content (AvgIpc) is 3.08. The van der Waals surface area contributed by atoms with Gasteiger partial charge in [0.25, 0.3) is 0 Å². The van der Waals surface area contributed by atoms with Gasteiger partial charge in [-0.1, -0.05) is 0 Å². The molecular formula is C16H24N6. The molecule has 1 aliphatic rings. The number of aromatic amines is 1. The molecule has 2 N–H and O–H groups in total. The molecular weight excluding hydrogens is 276 g/mol. The van der Waals surface area contributed by atoms with Gasteiger partial charge in [0, 0.05) is 51.2 Å². The van der Waals surface area contributed by atoms with E-state index in [1.54, 1.807) is 6.33 Å². The Balaban J connectivity index is 1.59. The second-order valence-corrected chi connectivity index (χ2v) is 5.92. The Bertz CT molecular complexity index is 574. The molecule has 0 aromatic carbocycles. The SMILES string of the molecule is CC(NCc1ccnc(N2CCN(C)CC2)c1)c1cnc[nH]1. The fourth-order valence-electron chi connectivity index (χ4n) is 2.66. The van der Waals surface area contributed by atoms with Gasteiger partial charge in [0.2, 0.25) is 0 Å². The van der Waals surface area contributed by atoms with Gasteiger partial charge in [-0.2, -0.15) is 0 Å². The van der Waals surface area contributed by atoms with E-state index in [4.69, 9.17) is 0 Å². The van der Waals surface area contributed by atoms with Crippen molar-refractivity contribution in [1.82, 2.24) is 25.2 Å². The van der Waals surface area contributed by atoms with Crippen LogP contribution in [0, 0.1) is 0 Å². The van der Waals surface area contributed by atoms with Crippen LogP contribution in [-0.2, 0) is 6.54 Å². The zero-order valence-electron chi connectivity index (χ0n) is 13.3. The van der Waals surface area contributed by atoms with Crippen molar-refractivity contribution in [3.8, 4) is 0 Å². The van der Waals surface area contributed by atoms with Gasteiger partial charge in [0.1, 0.15) is 5.82 Å². The van der Waals surface area contributed by atoms with Crippen molar-refractivity contribution < 1.29 is 0 Å². The van der Waals surface area contributed by atoms with Gasteiger partial charge < -0.3 is 20.1 Å². The summed E-state index contributed by atoms with van der Waals surface area (Å²) < 4.78 is 0. The zero-order chi connectivity index (χ0) is 15.4. The molecule has 1 aliphatic heterocycles. The van der Waals surface area contributed by atoms with Crippen molar-refractivity contribution in [2.75, 3.05) is 38.1 Å². The molecule has 0 radical (unpaired) electrons. The van der Waals surface area contributed by atoms with Crippen molar-refractivity contribution in [1.29, 1.82) is 0 Å². The van der Waals surface area contributed by atoms with Gasteiger partial charge in [-0.25, -0.2) is 9.97 Å². The highest BCUT2D eigenvalue weighted by atomic mass is 15.3. The van der Waals surface area contributed by atoms with E-state index in [1.807, 2.05) is 12.4 Å². The Labute approximate surface area is 131 Å². The first-order valence-electron chi connectivity index (χ1n) is 7.82. The first-order chi connectivity index (χ1) is 10.7. The maximum absolute atomic E-state index is 4.53. The Morgan fingerprint density at radius 2 is 2.14 bits per heavy atom. The minimum absolute atomic E-state index is 0.253. The number of hydrogen-bond acceptors (Lipinski definition) is 5. The number of nitrogens with zero attached hydrogens (tertiary/aromatic N) is 4. The van der Waals surface area contributed by atoms with Crippen molar-refractivity contribution in [2.24, 2.45) is 0 Å². The number of imidazole rings is 1. The van der Waals surface area contributed by atoms with Gasteiger partial charge in [0.15, 0.2) is 0 Å². The minimum atomic E-state index is 0.253. The van der Waals surface area contributed by atoms with Gasteiger partial charge in [-0.3, -0.25) is 0 Å². The summed E-state index contributed by atoms with van der Waals surface area (Å²) >= 11 is 0. The summed E-state index contributed by atoms with van der Waals surface area (Å²) in [7, 11) is 2.17. The van der Waals surface area contributed by atoms with Crippen LogP contribution in [0.25, 0.3) is 0 Å². The van der Waals surface area contributed by atoms with Crippen LogP contribution in [0.2, 0.25) is 0 Å². The van der Waals surface area contributed by atoms with Gasteiger partial charge in [-0.15, -0.1) is 0 Å². The van der Waals surface area contributed by atoms with Crippen molar-refractivity contribution >= 4 is 5.82 Å². The molecule has 0 saturated carbocycles. The minimum Gasteiger partial charge on any atom is -0.354 e. The number of nitrogens with one attached hydrogen (secondary N) is 2. The number of aromatic nitrogens is 3. The van der Waals surface area contributed by atoms with Crippen LogP contribution in [0.3, 0.4) is 0 Å². The first-order valence-corrected chi connectivity index (χ1v) is 7.82. The molecule has 0 amide bonds. The number of rotatable bonds is 5. The quantitative estimate of drug-likeness (QED) is 0.874. The summed E-state index contributed by atoms with van der Waals surface area (Å²) in [4.78, 5) is 16.5. The first kappa shape index (κ1) is 15.0. The maximum atomic E-state index is 4.53. The van der Waals surface area contributed by atoms with Gasteiger partial charge in [-0.05, 0) is 31.7 Å². The molecule has 3 rings (SSSR count). The summed E-state index contributed by atoms with van der Waals surface area (Å²) in [5.74, 6) is 1.08. The molecule has 2 aromatic heterocycles. The van der Waals surface area contributed by atoms with Crippen LogP contribution in [-0.4, -0.2) is 53.1 Å². The lowest BCUT2D eigenvalue weighted by Crippen LogP contribution is -2.44. The number of H-pyrrole nitrogens is 1. The third kappa shape index (κ3) is 3.64. The Kier molecular flexibility index (Phi) is 4.70. The summed E-state index contributed by atoms with van der Waals surface area (Å²) in [6.07, 6.45) is 5.48. The van der Waals surface area contributed by atoms with Crippen molar-refractivity contribution in [2.45, 2.75) is 19.5 Å². The van der Waals surface area contributed by atoms with E-state index in [-0.39, 0.29) is 6.04 Å². The van der Waals surface area contributed by atoms with E-state index < -0.39 is 0 Å². The summed E-state index contributed by atoms with van der Waals surface area (Å²) in [6.45, 7) is 7.25. The Morgan fingerprint density at radius 1 is 1.32 bits per heavy atom. The van der Waals surface area contributed by atoms with Crippen LogP contribution in [0.5, 0.6) is 0 Å². The second kappa shape index (κ2) is 6.89. The third-order valence-corrected chi connectivity index (χ3v) is 4.24. The molecule has 1 fully saturated rings. The number of likely N-dealkylation sites (N-methyl/N-ethyl adjacent to an activating group) is 1. The Hall–Kier alpha value is -1.92. The van der Waals surface area contributed by atoms with E-state index >= 15 is 0 Å². The van der Waals surface area contributed by atoms with Gasteiger partial charge >= 0.3 is 0 Å². The predicted molar refractivity (Wildman–Crippen MR) is 87.8 cm³/mol. The largest absolute Gasteiger partial charge is 0.354 e. The molecule has 1 saturated heterocycles. The van der Waals surface area contributed by atoms with E-state index in [0.717, 1.165) is 44.2 Å². The highest BCUT2D eigenvalue weighted by molar-refractivity contribution is 5.41. The zero-order valence-corrected chi connectivity index (χ0v) is 13.3. The molecule has 3 heterocycles. The average molecular weight is 300 g/mol. The number of hydrogen-bond donors (Lipinski definition) is 2. The standard InChI is InChI=1S/C16H24N6/c1-13(15-11-17-12-20-15)19-10-14-3-4-18-16(9-14)22-7-5-21(2)6-8-22/h3-4,9,11-13,19H,5-8,10H2,1-2H3,(H,17,20). The molecule has 0 aliphatic carbocycles. The van der Waals surface area contributed by atoms with Crippen LogP contribution in [0.15, 0.2) is 30.9 Å². The topological polar surface area (TPSA) is 60.1 Å². The van der Waals surface area contributed by atoms with E-state index in [9.17, 15) is 0 Å². The monoisotopic (exact) mass is 300 g/mol. The van der Waals surface area contributed by atoms with E-state index in [1.165, 1.54) is 5.56 Å². The fraction of sp³-hybridized carbons (Fsp3) is 0.500. The molecule has 2 aromatic rings. The lowest BCUT2D eigenvalue weighted by molar-refractivity contribution is 0.312. The normalized spacial score (nSPS) is 17.6. The molecule has 0 bridgehead atoms. The van der Waals surface area contributed by atoms with Crippen LogP contribution >= 0.6 is 0 Å². The lowest BCUT2D eigenvalue weighted by Gasteiger charge is -2.33. The smallest absolute Gasteiger partial charge is 0.128 e. The van der Waals surface area contributed by atoms with Crippen LogP contribution < -0.4 is 10.2 Å². The summed E-state index contributed by atoms with van der Waals surface area (Å²) in [5, 5.41) is 3.51. The molecule has 6 heteroatoms. The van der Waals surface area contributed by atoms with Crippen LogP contribution in [0.4, 0.5) is 5.82 Å². The second-order valence-electron chi connectivity index (χ2n) is 5.92. The van der Waals surface area contributed by atoms with Crippen LogP contribution in [0.1, 0.15) is 24.2 Å². The van der Waals surface area contributed by atoms with E-state index in [0.29, 0.717) is 0 Å². The summed E-state index contributed by atoms with van der Waals surface area (Å²) in [5.41, 5.74) is 2.36. The third-order valence-electron chi connectivity index (χ3n) is 4.24. The Morgan fingerprint density at radius 3 is 2.86 bits per heavy atom. The number of pyridine rings is 1. The molecule has 22 heavy (non-hydrogen) atoms. The molecule has 118 valence electrons. The molecule has 0 spiro atoms. The molecule has 6 nitrogen and oxygen atoms in total. The number of anilines is 1.